The van der Waals surface area contributed by atoms with Gasteiger partial charge in [-0.3, -0.25) is 4.98 Å². The highest BCUT2D eigenvalue weighted by atomic mass is 14.7. The molecule has 0 saturated heterocycles. The topological polar surface area (TPSA) is 25.8 Å². The van der Waals surface area contributed by atoms with Crippen molar-refractivity contribution in [3.05, 3.63) is 84.6 Å². The van der Waals surface area contributed by atoms with E-state index in [0.717, 1.165) is 33.4 Å². The monoisotopic (exact) mass is 296 g/mol. The van der Waals surface area contributed by atoms with Crippen LogP contribution in [0.3, 0.4) is 0 Å². The summed E-state index contributed by atoms with van der Waals surface area (Å²) in [6, 6.07) is 24.8. The first-order chi connectivity index (χ1) is 11.3. The molecular weight excluding hydrogens is 280 g/mol. The molecule has 2 aromatic heterocycles. The van der Waals surface area contributed by atoms with E-state index in [-0.39, 0.29) is 0 Å². The maximum Gasteiger partial charge on any atom is 0.0711 e. The molecule has 4 aromatic rings. The summed E-state index contributed by atoms with van der Waals surface area (Å²) in [6.45, 7) is 2.11. The van der Waals surface area contributed by atoms with Crippen LogP contribution in [0.4, 0.5) is 0 Å². The van der Waals surface area contributed by atoms with Gasteiger partial charge in [-0.1, -0.05) is 48.5 Å². The molecule has 2 heteroatoms. The Morgan fingerprint density at radius 1 is 0.739 bits per heavy atom. The molecule has 110 valence electrons. The van der Waals surface area contributed by atoms with Crippen molar-refractivity contribution in [2.24, 2.45) is 0 Å². The number of pyridine rings is 2. The fraction of sp³-hybridized carbons (Fsp3) is 0.0476. The molecule has 2 heterocycles. The summed E-state index contributed by atoms with van der Waals surface area (Å²) in [5, 5.41) is 1.16. The van der Waals surface area contributed by atoms with Gasteiger partial charge in [0.05, 0.1) is 16.9 Å². The third-order valence-electron chi connectivity index (χ3n) is 4.08. The number of aryl methyl sites for hydroxylation is 1. The van der Waals surface area contributed by atoms with Crippen molar-refractivity contribution in [1.82, 2.24) is 9.97 Å². The maximum absolute atomic E-state index is 4.77. The van der Waals surface area contributed by atoms with Crippen LogP contribution < -0.4 is 0 Å². The van der Waals surface area contributed by atoms with Gasteiger partial charge in [-0.15, -0.1) is 0 Å². The number of aromatic nitrogens is 2. The predicted octanol–water partition coefficient (Wildman–Crippen LogP) is 5.27. The van der Waals surface area contributed by atoms with E-state index in [9.17, 15) is 0 Å². The fourth-order valence-electron chi connectivity index (χ4n) is 2.82. The van der Waals surface area contributed by atoms with Crippen LogP contribution in [0.1, 0.15) is 5.56 Å². The van der Waals surface area contributed by atoms with Gasteiger partial charge in [0, 0.05) is 22.7 Å². The maximum atomic E-state index is 4.77. The summed E-state index contributed by atoms with van der Waals surface area (Å²) in [5.41, 5.74) is 6.44. The van der Waals surface area contributed by atoms with Crippen LogP contribution in [-0.2, 0) is 0 Å². The first-order valence-electron chi connectivity index (χ1n) is 7.69. The van der Waals surface area contributed by atoms with Crippen molar-refractivity contribution >= 4 is 10.9 Å². The van der Waals surface area contributed by atoms with E-state index in [1.165, 1.54) is 5.56 Å². The predicted molar refractivity (Wildman–Crippen MR) is 95.1 cm³/mol. The molecule has 0 saturated carbocycles. The molecule has 23 heavy (non-hydrogen) atoms. The van der Waals surface area contributed by atoms with E-state index in [2.05, 4.69) is 48.3 Å². The lowest BCUT2D eigenvalue weighted by Gasteiger charge is -2.08. The number of benzene rings is 2. The van der Waals surface area contributed by atoms with Crippen LogP contribution in [0.15, 0.2) is 79.0 Å². The Hall–Kier alpha value is -3.00. The molecule has 0 aliphatic heterocycles. The number of fused-ring (bicyclic) bond motifs is 1. The lowest BCUT2D eigenvalue weighted by atomic mass is 10.0. The first-order valence-corrected chi connectivity index (χ1v) is 7.69. The van der Waals surface area contributed by atoms with Gasteiger partial charge >= 0.3 is 0 Å². The Kier molecular flexibility index (Phi) is 3.35. The molecule has 0 aliphatic carbocycles. The van der Waals surface area contributed by atoms with Crippen LogP contribution >= 0.6 is 0 Å². The summed E-state index contributed by atoms with van der Waals surface area (Å²) in [5.74, 6) is 0. The zero-order valence-electron chi connectivity index (χ0n) is 12.9. The molecular formula is C21H16N2. The molecule has 0 amide bonds. The summed E-state index contributed by atoms with van der Waals surface area (Å²) >= 11 is 0. The highest BCUT2D eigenvalue weighted by molar-refractivity contribution is 5.82. The van der Waals surface area contributed by atoms with Gasteiger partial charge in [-0.25, -0.2) is 4.98 Å². The Labute approximate surface area is 135 Å². The molecule has 0 radical (unpaired) electrons. The lowest BCUT2D eigenvalue weighted by molar-refractivity contribution is 1.29. The molecule has 0 N–H and O–H groups in total. The van der Waals surface area contributed by atoms with E-state index in [1.807, 2.05) is 42.6 Å². The minimum atomic E-state index is 0.973. The molecule has 0 fully saturated rings. The van der Waals surface area contributed by atoms with Crippen LogP contribution in [0, 0.1) is 6.92 Å². The van der Waals surface area contributed by atoms with Gasteiger partial charge in [0.15, 0.2) is 0 Å². The van der Waals surface area contributed by atoms with Gasteiger partial charge in [0.2, 0.25) is 0 Å². The molecule has 0 unspecified atom stereocenters. The quantitative estimate of drug-likeness (QED) is 0.503. The molecule has 0 aliphatic rings. The van der Waals surface area contributed by atoms with E-state index < -0.39 is 0 Å². The molecule has 0 spiro atoms. The Balaban J connectivity index is 1.83. The van der Waals surface area contributed by atoms with Crippen molar-refractivity contribution in [2.45, 2.75) is 6.92 Å². The third-order valence-corrected chi connectivity index (χ3v) is 4.08. The Morgan fingerprint density at radius 2 is 1.57 bits per heavy atom. The van der Waals surface area contributed by atoms with Crippen molar-refractivity contribution in [1.29, 1.82) is 0 Å². The molecule has 2 nitrogen and oxygen atoms in total. The normalized spacial score (nSPS) is 10.8. The number of para-hydroxylation sites is 1. The van der Waals surface area contributed by atoms with Gasteiger partial charge in [-0.05, 0) is 36.8 Å². The second-order valence-electron chi connectivity index (χ2n) is 5.63. The standard InChI is InChI=1S/C21H16N2/c1-15-6-2-4-8-18(15)21-14-17(12-13-22-21)20-11-10-16-7-3-5-9-19(16)23-20/h2-14H,1H3. The minimum Gasteiger partial charge on any atom is -0.256 e. The van der Waals surface area contributed by atoms with Crippen LogP contribution in [-0.4, -0.2) is 9.97 Å². The van der Waals surface area contributed by atoms with Gasteiger partial charge in [-0.2, -0.15) is 0 Å². The minimum absolute atomic E-state index is 0.973. The Bertz CT molecular complexity index is 989. The molecule has 2 aromatic carbocycles. The van der Waals surface area contributed by atoms with E-state index in [4.69, 9.17) is 4.98 Å². The van der Waals surface area contributed by atoms with Crippen LogP contribution in [0.2, 0.25) is 0 Å². The van der Waals surface area contributed by atoms with Crippen molar-refractivity contribution in [2.75, 3.05) is 0 Å². The van der Waals surface area contributed by atoms with E-state index >= 15 is 0 Å². The van der Waals surface area contributed by atoms with Gasteiger partial charge < -0.3 is 0 Å². The molecule has 0 atom stereocenters. The average Bonchev–Trinajstić information content (AvgIpc) is 2.62. The summed E-state index contributed by atoms with van der Waals surface area (Å²) in [6.07, 6.45) is 1.86. The van der Waals surface area contributed by atoms with Crippen molar-refractivity contribution < 1.29 is 0 Å². The highest BCUT2D eigenvalue weighted by Crippen LogP contribution is 2.26. The summed E-state index contributed by atoms with van der Waals surface area (Å²) in [4.78, 5) is 9.31. The second-order valence-corrected chi connectivity index (χ2v) is 5.63. The largest absolute Gasteiger partial charge is 0.256 e. The SMILES string of the molecule is Cc1ccccc1-c1cc(-c2ccc3ccccc3n2)ccn1. The van der Waals surface area contributed by atoms with E-state index in [0.29, 0.717) is 0 Å². The van der Waals surface area contributed by atoms with Crippen LogP contribution in [0.5, 0.6) is 0 Å². The summed E-state index contributed by atoms with van der Waals surface area (Å²) < 4.78 is 0. The third kappa shape index (κ3) is 2.59. The number of rotatable bonds is 2. The Morgan fingerprint density at radius 3 is 2.48 bits per heavy atom. The van der Waals surface area contributed by atoms with Crippen LogP contribution in [0.25, 0.3) is 33.4 Å². The smallest absolute Gasteiger partial charge is 0.0711 e. The van der Waals surface area contributed by atoms with Crippen molar-refractivity contribution in [3.63, 3.8) is 0 Å². The number of hydrogen-bond donors (Lipinski definition) is 0. The zero-order chi connectivity index (χ0) is 15.6. The summed E-state index contributed by atoms with van der Waals surface area (Å²) in [7, 11) is 0. The number of nitrogens with zero attached hydrogens (tertiary/aromatic N) is 2. The lowest BCUT2D eigenvalue weighted by Crippen LogP contribution is -1.90. The van der Waals surface area contributed by atoms with Crippen molar-refractivity contribution in [3.8, 4) is 22.5 Å². The zero-order valence-corrected chi connectivity index (χ0v) is 12.9. The van der Waals surface area contributed by atoms with Gasteiger partial charge in [0.25, 0.3) is 0 Å². The average molecular weight is 296 g/mol. The molecule has 4 rings (SSSR count). The second kappa shape index (κ2) is 5.65. The molecule has 0 bridgehead atoms. The fourth-order valence-corrected chi connectivity index (χ4v) is 2.82. The highest BCUT2D eigenvalue weighted by Gasteiger charge is 2.06. The first kappa shape index (κ1) is 13.6. The number of hydrogen-bond acceptors (Lipinski definition) is 2. The van der Waals surface area contributed by atoms with Gasteiger partial charge in [0.1, 0.15) is 0 Å². The van der Waals surface area contributed by atoms with E-state index in [1.54, 1.807) is 0 Å².